The number of hydrogen-bond donors (Lipinski definition) is 1. The zero-order valence-electron chi connectivity index (χ0n) is 14.4. The lowest BCUT2D eigenvalue weighted by Gasteiger charge is -2.14. The summed E-state index contributed by atoms with van der Waals surface area (Å²) in [6.45, 7) is 2.54. The molecule has 2 aromatic rings. The number of rotatable bonds is 6. The molecule has 0 bridgehead atoms. The summed E-state index contributed by atoms with van der Waals surface area (Å²) in [6, 6.07) is 12.3. The van der Waals surface area contributed by atoms with Gasteiger partial charge in [0.2, 0.25) is 0 Å². The molecule has 0 saturated carbocycles. The number of thioether (sulfide) groups is 1. The molecule has 2 amide bonds. The summed E-state index contributed by atoms with van der Waals surface area (Å²) >= 11 is 12.8. The van der Waals surface area contributed by atoms with Crippen molar-refractivity contribution in [2.75, 3.05) is 18.6 Å². The average molecular weight is 423 g/mol. The number of hydrogen-bond acceptors (Lipinski definition) is 5. The third-order valence-corrected chi connectivity index (χ3v) is 5.37. The van der Waals surface area contributed by atoms with E-state index in [1.807, 2.05) is 31.2 Å². The van der Waals surface area contributed by atoms with E-state index in [2.05, 4.69) is 5.32 Å². The molecule has 0 aromatic heterocycles. The fourth-order valence-corrected chi connectivity index (χ4v) is 3.53. The second kappa shape index (κ2) is 8.69. The van der Waals surface area contributed by atoms with E-state index in [1.54, 1.807) is 24.3 Å². The first kappa shape index (κ1) is 19.6. The molecule has 0 spiro atoms. The van der Waals surface area contributed by atoms with Crippen LogP contribution in [0.1, 0.15) is 12.5 Å². The Morgan fingerprint density at radius 2 is 1.85 bits per heavy atom. The molecule has 1 N–H and O–H groups in total. The molecule has 3 rings (SSSR count). The predicted molar refractivity (Wildman–Crippen MR) is 110 cm³/mol. The minimum absolute atomic E-state index is 0.0449. The number of nitrogens with zero attached hydrogens (tertiary/aromatic N) is 1. The van der Waals surface area contributed by atoms with Gasteiger partial charge in [-0.25, -0.2) is 0 Å². The number of anilines is 1. The summed E-state index contributed by atoms with van der Waals surface area (Å²) in [6.07, 6.45) is 1.69. The van der Waals surface area contributed by atoms with Crippen molar-refractivity contribution in [3.8, 4) is 5.75 Å². The minimum atomic E-state index is -0.341. The van der Waals surface area contributed by atoms with Gasteiger partial charge in [0.25, 0.3) is 11.1 Å². The van der Waals surface area contributed by atoms with Gasteiger partial charge in [-0.15, -0.1) is 0 Å². The van der Waals surface area contributed by atoms with Crippen molar-refractivity contribution in [2.24, 2.45) is 0 Å². The van der Waals surface area contributed by atoms with Crippen LogP contribution in [0.3, 0.4) is 0 Å². The van der Waals surface area contributed by atoms with Crippen molar-refractivity contribution in [1.82, 2.24) is 4.90 Å². The van der Waals surface area contributed by atoms with Gasteiger partial charge in [0.1, 0.15) is 5.75 Å². The number of ether oxygens (including phenoxy) is 1. The van der Waals surface area contributed by atoms with Crippen molar-refractivity contribution >= 4 is 57.9 Å². The van der Waals surface area contributed by atoms with Gasteiger partial charge >= 0.3 is 0 Å². The van der Waals surface area contributed by atoms with Crippen LogP contribution in [0.4, 0.5) is 10.5 Å². The molecule has 8 heteroatoms. The highest BCUT2D eigenvalue weighted by Crippen LogP contribution is 2.32. The first-order valence-electron chi connectivity index (χ1n) is 8.15. The van der Waals surface area contributed by atoms with E-state index in [-0.39, 0.29) is 17.8 Å². The van der Waals surface area contributed by atoms with Crippen LogP contribution in [0.15, 0.2) is 47.4 Å². The number of halogens is 2. The van der Waals surface area contributed by atoms with Gasteiger partial charge in [-0.1, -0.05) is 35.3 Å². The van der Waals surface area contributed by atoms with Crippen LogP contribution in [0.2, 0.25) is 10.0 Å². The lowest BCUT2D eigenvalue weighted by Crippen LogP contribution is -2.33. The van der Waals surface area contributed by atoms with Crippen molar-refractivity contribution in [3.63, 3.8) is 0 Å². The van der Waals surface area contributed by atoms with Gasteiger partial charge < -0.3 is 10.1 Å². The maximum absolute atomic E-state index is 12.5. The van der Waals surface area contributed by atoms with Crippen molar-refractivity contribution in [3.05, 3.63) is 63.0 Å². The van der Waals surface area contributed by atoms with Gasteiger partial charge in [0.15, 0.2) is 0 Å². The second-order valence-corrected chi connectivity index (χ2v) is 7.38. The Hall–Kier alpha value is -2.15. The molecule has 140 valence electrons. The molecule has 1 aliphatic heterocycles. The van der Waals surface area contributed by atoms with Crippen LogP contribution in [-0.4, -0.2) is 29.3 Å². The van der Waals surface area contributed by atoms with Gasteiger partial charge in [0, 0.05) is 5.69 Å². The Labute approximate surface area is 171 Å². The predicted octanol–water partition coefficient (Wildman–Crippen LogP) is 5.50. The molecule has 0 unspecified atom stereocenters. The molecule has 5 nitrogen and oxygen atoms in total. The standard InChI is InChI=1S/C19H16Cl2N2O3S/c1-2-26-14-6-3-12(4-7-14)9-17-18(24)23(19(25)27-17)11-22-13-5-8-15(20)16(21)10-13/h3-10,22H,2,11H2,1H3/b17-9+. The quantitative estimate of drug-likeness (QED) is 0.622. The van der Waals surface area contributed by atoms with E-state index in [9.17, 15) is 9.59 Å². The number of benzene rings is 2. The van der Waals surface area contributed by atoms with E-state index in [0.717, 1.165) is 28.0 Å². The molecule has 1 heterocycles. The zero-order chi connectivity index (χ0) is 19.4. The zero-order valence-corrected chi connectivity index (χ0v) is 16.7. The van der Waals surface area contributed by atoms with E-state index in [1.165, 1.54) is 0 Å². The van der Waals surface area contributed by atoms with Crippen LogP contribution in [0, 0.1) is 0 Å². The maximum Gasteiger partial charge on any atom is 0.295 e. The molecular formula is C19H16Cl2N2O3S. The minimum Gasteiger partial charge on any atom is -0.494 e. The molecule has 27 heavy (non-hydrogen) atoms. The molecule has 1 aliphatic rings. The van der Waals surface area contributed by atoms with Crippen molar-refractivity contribution in [2.45, 2.75) is 6.92 Å². The molecule has 2 aromatic carbocycles. The average Bonchev–Trinajstić information content (AvgIpc) is 2.91. The Kier molecular flexibility index (Phi) is 6.31. The molecule has 1 fully saturated rings. The van der Waals surface area contributed by atoms with E-state index in [0.29, 0.717) is 27.2 Å². The first-order valence-corrected chi connectivity index (χ1v) is 9.72. The monoisotopic (exact) mass is 422 g/mol. The highest BCUT2D eigenvalue weighted by molar-refractivity contribution is 8.18. The third kappa shape index (κ3) is 4.77. The Balaban J connectivity index is 1.67. The summed E-state index contributed by atoms with van der Waals surface area (Å²) in [7, 11) is 0. The fraction of sp³-hybridized carbons (Fsp3) is 0.158. The van der Waals surface area contributed by atoms with Crippen molar-refractivity contribution < 1.29 is 14.3 Å². The normalized spacial score (nSPS) is 15.5. The smallest absolute Gasteiger partial charge is 0.295 e. The van der Waals surface area contributed by atoms with Gasteiger partial charge in [0.05, 0.1) is 28.2 Å². The lowest BCUT2D eigenvalue weighted by molar-refractivity contribution is -0.122. The van der Waals surface area contributed by atoms with Crippen LogP contribution in [0.25, 0.3) is 6.08 Å². The Morgan fingerprint density at radius 3 is 2.52 bits per heavy atom. The molecular weight excluding hydrogens is 407 g/mol. The highest BCUT2D eigenvalue weighted by Gasteiger charge is 2.34. The number of nitrogens with one attached hydrogen (secondary N) is 1. The van der Waals surface area contributed by atoms with E-state index >= 15 is 0 Å². The molecule has 0 radical (unpaired) electrons. The molecule has 0 atom stereocenters. The van der Waals surface area contributed by atoms with Gasteiger partial charge in [-0.05, 0) is 60.7 Å². The third-order valence-electron chi connectivity index (χ3n) is 3.72. The first-order chi connectivity index (χ1) is 13.0. The fourth-order valence-electron chi connectivity index (χ4n) is 2.39. The summed E-state index contributed by atoms with van der Waals surface area (Å²) in [5.41, 5.74) is 1.49. The van der Waals surface area contributed by atoms with E-state index < -0.39 is 0 Å². The van der Waals surface area contributed by atoms with Gasteiger partial charge in [-0.2, -0.15) is 0 Å². The summed E-state index contributed by atoms with van der Waals surface area (Å²) in [5, 5.41) is 3.51. The van der Waals surface area contributed by atoms with Gasteiger partial charge in [-0.3, -0.25) is 14.5 Å². The largest absolute Gasteiger partial charge is 0.494 e. The number of amides is 2. The SMILES string of the molecule is CCOc1ccc(/C=C2/SC(=O)N(CNc3ccc(Cl)c(Cl)c3)C2=O)cc1. The summed E-state index contributed by atoms with van der Waals surface area (Å²) < 4.78 is 5.39. The Bertz CT molecular complexity index is 900. The Morgan fingerprint density at radius 1 is 1.11 bits per heavy atom. The van der Waals surface area contributed by atoms with Crippen LogP contribution >= 0.6 is 35.0 Å². The van der Waals surface area contributed by atoms with Crippen LogP contribution in [-0.2, 0) is 4.79 Å². The highest BCUT2D eigenvalue weighted by atomic mass is 35.5. The molecule has 0 aliphatic carbocycles. The van der Waals surface area contributed by atoms with Crippen LogP contribution in [0.5, 0.6) is 5.75 Å². The number of imide groups is 1. The summed E-state index contributed by atoms with van der Waals surface area (Å²) in [4.78, 5) is 26.2. The number of carbonyl (C=O) groups excluding carboxylic acids is 2. The van der Waals surface area contributed by atoms with Crippen molar-refractivity contribution in [1.29, 1.82) is 0 Å². The summed E-state index contributed by atoms with van der Waals surface area (Å²) in [5.74, 6) is 0.417. The van der Waals surface area contributed by atoms with E-state index in [4.69, 9.17) is 27.9 Å². The molecule has 1 saturated heterocycles. The van der Waals surface area contributed by atoms with Crippen LogP contribution < -0.4 is 10.1 Å². The maximum atomic E-state index is 12.5. The topological polar surface area (TPSA) is 58.6 Å². The lowest BCUT2D eigenvalue weighted by atomic mass is 10.2. The number of carbonyl (C=O) groups is 2. The second-order valence-electron chi connectivity index (χ2n) is 5.58.